The van der Waals surface area contributed by atoms with Crippen molar-refractivity contribution in [2.24, 2.45) is 38.9 Å². The SMILES string of the molecule is NCCS(=O)(=O)c1ccc(-c2cccc3[nH]c([C@H](N)CN)nc23)c(-c2nn[nH]n2)c1S(N)(=O)=O.NCCS(=O)(=O)c1ccc(-c2cccc3[nH]c([C@H](N)CNC(=O)C(F)(F)F)nc23)c(-c2nn[nH]n2)c1S(N)(=O)=O. The van der Waals surface area contributed by atoms with Crippen LogP contribution < -0.4 is 44.3 Å². The number of nitrogens with two attached hydrogens (primary N) is 7. The summed E-state index contributed by atoms with van der Waals surface area (Å²) in [6, 6.07) is 13.0. The number of sulfonamides is 2. The molecule has 19 N–H and O–H groups in total. The number of halogens is 3. The molecule has 0 aliphatic rings. The van der Waals surface area contributed by atoms with Crippen LogP contribution >= 0.6 is 0 Å². The second kappa shape index (κ2) is 20.9. The van der Waals surface area contributed by atoms with E-state index in [4.69, 9.17) is 38.9 Å². The maximum absolute atomic E-state index is 12.9. The summed E-state index contributed by atoms with van der Waals surface area (Å²) in [7, 11) is -17.7. The molecule has 4 aromatic carbocycles. The monoisotopic (exact) mass is 1110 g/mol. The maximum atomic E-state index is 12.9. The van der Waals surface area contributed by atoms with Gasteiger partial charge in [0.1, 0.15) is 21.4 Å². The highest BCUT2D eigenvalue weighted by Crippen LogP contribution is 2.43. The first-order chi connectivity index (χ1) is 34.7. The minimum absolute atomic E-state index is 0.000140. The Kier molecular flexibility index (Phi) is 15.4. The third kappa shape index (κ3) is 11.1. The van der Waals surface area contributed by atoms with Gasteiger partial charge in [0.05, 0.1) is 66.6 Å². The summed E-state index contributed by atoms with van der Waals surface area (Å²) in [5.74, 6) is -3.29. The first-order valence-corrected chi connectivity index (χ1v) is 27.4. The molecule has 0 fully saturated rings. The molecule has 4 aromatic heterocycles. The highest BCUT2D eigenvalue weighted by Gasteiger charge is 2.39. The molecule has 0 spiro atoms. The third-order valence-corrected chi connectivity index (χ3v) is 16.5. The molecular formula is C38H43F3N20O9S4. The van der Waals surface area contributed by atoms with E-state index in [1.54, 1.807) is 35.6 Å². The van der Waals surface area contributed by atoms with E-state index < -0.39 is 102 Å². The van der Waals surface area contributed by atoms with Crippen molar-refractivity contribution in [2.75, 3.05) is 37.7 Å². The Morgan fingerprint density at radius 3 is 1.38 bits per heavy atom. The molecule has 0 saturated carbocycles. The number of hydrogen-bond acceptors (Lipinski definition) is 22. The number of alkyl halides is 3. The van der Waals surface area contributed by atoms with Gasteiger partial charge < -0.3 is 44.0 Å². The van der Waals surface area contributed by atoms with Crippen molar-refractivity contribution < 1.29 is 51.6 Å². The summed E-state index contributed by atoms with van der Waals surface area (Å²) >= 11 is 0. The number of fused-ring (bicyclic) bond motifs is 2. The third-order valence-electron chi connectivity index (χ3n) is 10.7. The molecule has 8 rings (SSSR count). The van der Waals surface area contributed by atoms with E-state index in [0.717, 1.165) is 6.07 Å². The summed E-state index contributed by atoms with van der Waals surface area (Å²) in [5, 5.41) is 39.4. The number of tetrazole rings is 2. The van der Waals surface area contributed by atoms with Crippen molar-refractivity contribution in [3.63, 3.8) is 0 Å². The maximum Gasteiger partial charge on any atom is 0.471 e. The molecule has 74 heavy (non-hydrogen) atoms. The van der Waals surface area contributed by atoms with E-state index in [9.17, 15) is 51.6 Å². The number of nitrogens with one attached hydrogen (secondary N) is 5. The molecule has 0 unspecified atom stereocenters. The number of H-pyrrole nitrogens is 4. The predicted molar refractivity (Wildman–Crippen MR) is 256 cm³/mol. The lowest BCUT2D eigenvalue weighted by Crippen LogP contribution is -2.40. The van der Waals surface area contributed by atoms with Gasteiger partial charge in [-0.15, -0.1) is 20.4 Å². The second-order valence-corrected chi connectivity index (χ2v) is 22.9. The molecule has 36 heteroatoms. The summed E-state index contributed by atoms with van der Waals surface area (Å²) < 4.78 is 140. The lowest BCUT2D eigenvalue weighted by atomic mass is 9.98. The van der Waals surface area contributed by atoms with Gasteiger partial charge in [0.25, 0.3) is 0 Å². The summed E-state index contributed by atoms with van der Waals surface area (Å²) in [6.07, 6.45) is -5.10. The van der Waals surface area contributed by atoms with Gasteiger partial charge in [0.2, 0.25) is 31.7 Å². The quantitative estimate of drug-likeness (QED) is 0.0479. The Morgan fingerprint density at radius 1 is 0.608 bits per heavy atom. The Labute approximate surface area is 415 Å². The number of imidazole rings is 2. The number of hydrogen-bond donors (Lipinski definition) is 12. The number of aromatic nitrogens is 12. The van der Waals surface area contributed by atoms with Crippen molar-refractivity contribution in [3.8, 4) is 45.0 Å². The van der Waals surface area contributed by atoms with Gasteiger partial charge in [0.15, 0.2) is 19.7 Å². The van der Waals surface area contributed by atoms with Gasteiger partial charge in [-0.25, -0.2) is 53.9 Å². The average Bonchev–Trinajstić information content (AvgIpc) is 4.19. The van der Waals surface area contributed by atoms with Gasteiger partial charge in [-0.05, 0) is 45.8 Å². The molecule has 4 heterocycles. The molecule has 0 radical (unpaired) electrons. The molecule has 0 bridgehead atoms. The van der Waals surface area contributed by atoms with Crippen molar-refractivity contribution in [3.05, 3.63) is 72.3 Å². The molecule has 1 amide bonds. The first kappa shape index (κ1) is 54.5. The molecule has 2 atom stereocenters. The molecule has 0 aliphatic heterocycles. The standard InChI is InChI=1S/C20H21F3N10O5S2.C18H22N10O4S2/c21-20(22,23)19(34)27-8-11(25)17-28-12-3-1-2-10(15(12)29-17)9-4-5-13(39(35,36)7-6-24)16(40(26,37)38)14(9)18-30-32-33-31-18;19-6-7-33(29,30)13-5-4-9(14(16(13)34(22,31)32)18-25-27-28-26-18)10-2-1-3-12-15(10)24-17(23-12)11(21)8-20/h1-5,11H,6-8,24-25H2,(H,27,34)(H,28,29)(H2,26,37,38)(H,30,31,32,33);1-5,11H,6-8,19-21H2,(H,23,24)(H2,22,31,32)(H,25,26,27,28)/t2*11-/m11/s1. The highest BCUT2D eigenvalue weighted by molar-refractivity contribution is 7.94. The van der Waals surface area contributed by atoms with Crippen LogP contribution in [0.25, 0.3) is 67.1 Å². The number of benzene rings is 4. The largest absolute Gasteiger partial charge is 0.471 e. The fraction of sp³-hybridized carbons (Fsp3) is 0.237. The number of para-hydroxylation sites is 2. The zero-order valence-corrected chi connectivity index (χ0v) is 41.0. The number of carbonyl (C=O) groups excluding carboxylic acids is 1. The van der Waals surface area contributed by atoms with Crippen LogP contribution in [0.3, 0.4) is 0 Å². The molecule has 0 saturated heterocycles. The number of sulfone groups is 2. The fourth-order valence-electron chi connectivity index (χ4n) is 7.54. The topological polar surface area (TPSA) is 514 Å². The van der Waals surface area contributed by atoms with E-state index in [1.807, 2.05) is 0 Å². The van der Waals surface area contributed by atoms with Crippen molar-refractivity contribution >= 4 is 67.7 Å². The van der Waals surface area contributed by atoms with E-state index in [1.165, 1.54) is 24.3 Å². The minimum atomic E-state index is -5.10. The predicted octanol–water partition coefficient (Wildman–Crippen LogP) is -1.78. The first-order valence-electron chi connectivity index (χ1n) is 21.0. The van der Waals surface area contributed by atoms with E-state index in [-0.39, 0.29) is 70.4 Å². The molecule has 394 valence electrons. The van der Waals surface area contributed by atoms with Gasteiger partial charge in [-0.1, -0.05) is 36.4 Å². The Hall–Kier alpha value is -7.26. The zero-order valence-electron chi connectivity index (χ0n) is 37.7. The number of nitrogens with zero attached hydrogens (tertiary/aromatic N) is 8. The van der Waals surface area contributed by atoms with Crippen LogP contribution in [-0.4, -0.2) is 145 Å². The lowest BCUT2D eigenvalue weighted by Gasteiger charge is -2.16. The molecule has 29 nitrogen and oxygen atoms in total. The molecule has 0 aliphatic carbocycles. The number of carbonyl (C=O) groups is 1. The average molecular weight is 1110 g/mol. The van der Waals surface area contributed by atoms with Crippen molar-refractivity contribution in [1.29, 1.82) is 0 Å². The lowest BCUT2D eigenvalue weighted by molar-refractivity contribution is -0.173. The zero-order chi connectivity index (χ0) is 54.1. The number of amides is 1. The Bertz CT molecular complexity index is 3860. The van der Waals surface area contributed by atoms with Crippen LogP contribution in [0.2, 0.25) is 0 Å². The van der Waals surface area contributed by atoms with Crippen LogP contribution in [0.15, 0.2) is 80.2 Å². The Balaban J connectivity index is 0.000000219. The number of primary sulfonamides is 2. The normalized spacial score (nSPS) is 13.4. The number of aromatic amines is 4. The van der Waals surface area contributed by atoms with E-state index in [0.29, 0.717) is 27.9 Å². The molecule has 8 aromatic rings. The van der Waals surface area contributed by atoms with E-state index >= 15 is 0 Å². The van der Waals surface area contributed by atoms with Crippen molar-refractivity contribution in [2.45, 2.75) is 37.8 Å². The van der Waals surface area contributed by atoms with Gasteiger partial charge in [-0.2, -0.15) is 23.6 Å². The van der Waals surface area contributed by atoms with Crippen LogP contribution in [-0.2, 0) is 44.5 Å². The van der Waals surface area contributed by atoms with Crippen molar-refractivity contribution in [1.82, 2.24) is 66.5 Å². The smallest absolute Gasteiger partial charge is 0.346 e. The Morgan fingerprint density at radius 2 is 1.03 bits per heavy atom. The van der Waals surface area contributed by atoms with Crippen LogP contribution in [0, 0.1) is 0 Å². The summed E-state index contributed by atoms with van der Waals surface area (Å²) in [4.78, 5) is 23.4. The van der Waals surface area contributed by atoms with E-state index in [2.05, 4.69) is 61.2 Å². The number of rotatable bonds is 17. The highest BCUT2D eigenvalue weighted by atomic mass is 32.2. The second-order valence-electron chi connectivity index (χ2n) is 15.7. The van der Waals surface area contributed by atoms with Crippen LogP contribution in [0.4, 0.5) is 13.2 Å². The van der Waals surface area contributed by atoms with Gasteiger partial charge >= 0.3 is 12.1 Å². The van der Waals surface area contributed by atoms with Gasteiger partial charge in [-0.3, -0.25) is 4.79 Å². The van der Waals surface area contributed by atoms with Crippen LogP contribution in [0.1, 0.15) is 23.7 Å². The van der Waals surface area contributed by atoms with Crippen LogP contribution in [0.5, 0.6) is 0 Å². The summed E-state index contributed by atoms with van der Waals surface area (Å²) in [5.41, 5.74) is 30.6. The fourth-order valence-corrected chi connectivity index (χ4v) is 13.0. The van der Waals surface area contributed by atoms with Gasteiger partial charge in [0, 0.05) is 37.3 Å². The molecular weight excluding hydrogens is 1070 g/mol. The summed E-state index contributed by atoms with van der Waals surface area (Å²) in [6.45, 7) is -0.982. The minimum Gasteiger partial charge on any atom is -0.346 e.